The molecule has 0 amide bonds. The second kappa shape index (κ2) is 6.48. The molecule has 2 aromatic rings. The topological polar surface area (TPSA) is 30.5 Å². The molecule has 2 aromatic carbocycles. The molecule has 19 heavy (non-hydrogen) atoms. The lowest BCUT2D eigenvalue weighted by molar-refractivity contribution is 0.355. The quantitative estimate of drug-likeness (QED) is 0.900. The Morgan fingerprint density at radius 2 is 1.63 bits per heavy atom. The second-order valence-electron chi connectivity index (χ2n) is 4.05. The van der Waals surface area contributed by atoms with Crippen molar-refractivity contribution in [3.05, 3.63) is 52.5 Å². The van der Waals surface area contributed by atoms with E-state index in [2.05, 4.69) is 33.4 Å². The van der Waals surface area contributed by atoms with E-state index in [4.69, 9.17) is 9.47 Å². The van der Waals surface area contributed by atoms with Crippen molar-refractivity contribution in [1.29, 1.82) is 0 Å². The minimum atomic E-state index is 0.725. The summed E-state index contributed by atoms with van der Waals surface area (Å²) in [6.45, 7) is 0.767. The van der Waals surface area contributed by atoms with Crippen molar-refractivity contribution in [2.75, 3.05) is 19.5 Å². The van der Waals surface area contributed by atoms with E-state index in [-0.39, 0.29) is 0 Å². The van der Waals surface area contributed by atoms with Gasteiger partial charge in [0.2, 0.25) is 0 Å². The van der Waals surface area contributed by atoms with Crippen LogP contribution in [0.1, 0.15) is 5.56 Å². The summed E-state index contributed by atoms with van der Waals surface area (Å²) in [4.78, 5) is 0. The van der Waals surface area contributed by atoms with Gasteiger partial charge in [0.1, 0.15) is 0 Å². The molecule has 0 unspecified atom stereocenters. The van der Waals surface area contributed by atoms with Crippen molar-refractivity contribution in [2.45, 2.75) is 6.54 Å². The van der Waals surface area contributed by atoms with E-state index in [0.717, 1.165) is 28.2 Å². The molecule has 0 bridgehead atoms. The lowest BCUT2D eigenvalue weighted by atomic mass is 10.2. The smallest absolute Gasteiger partial charge is 0.162 e. The zero-order valence-corrected chi connectivity index (χ0v) is 12.5. The fourth-order valence-electron chi connectivity index (χ4n) is 1.75. The van der Waals surface area contributed by atoms with Gasteiger partial charge in [-0.2, -0.15) is 0 Å². The molecule has 0 radical (unpaired) electrons. The summed E-state index contributed by atoms with van der Waals surface area (Å²) in [6.07, 6.45) is 0. The average Bonchev–Trinajstić information content (AvgIpc) is 2.46. The number of nitrogens with one attached hydrogen (secondary N) is 1. The van der Waals surface area contributed by atoms with E-state index in [1.54, 1.807) is 14.2 Å². The van der Waals surface area contributed by atoms with E-state index < -0.39 is 0 Å². The highest BCUT2D eigenvalue weighted by Gasteiger charge is 2.04. The van der Waals surface area contributed by atoms with Crippen LogP contribution in [0.25, 0.3) is 0 Å². The molecular formula is C15H16BrNO2. The van der Waals surface area contributed by atoms with Gasteiger partial charge in [0, 0.05) is 22.8 Å². The van der Waals surface area contributed by atoms with Crippen LogP contribution in [0.15, 0.2) is 46.9 Å². The van der Waals surface area contributed by atoms with E-state index >= 15 is 0 Å². The lowest BCUT2D eigenvalue weighted by Gasteiger charge is -2.11. The van der Waals surface area contributed by atoms with E-state index in [9.17, 15) is 0 Å². The molecule has 0 aliphatic heterocycles. The second-order valence-corrected chi connectivity index (χ2v) is 4.97. The van der Waals surface area contributed by atoms with Crippen LogP contribution in [0.2, 0.25) is 0 Å². The fraction of sp³-hybridized carbons (Fsp3) is 0.200. The summed E-state index contributed by atoms with van der Waals surface area (Å²) in [6, 6.07) is 14.0. The molecule has 0 heterocycles. The van der Waals surface area contributed by atoms with Crippen molar-refractivity contribution in [3.8, 4) is 11.5 Å². The summed E-state index contributed by atoms with van der Waals surface area (Å²) in [5, 5.41) is 3.36. The first-order valence-corrected chi connectivity index (χ1v) is 6.72. The Bertz CT molecular complexity index is 540. The van der Waals surface area contributed by atoms with E-state index in [1.165, 1.54) is 5.56 Å². The van der Waals surface area contributed by atoms with Gasteiger partial charge in [-0.15, -0.1) is 0 Å². The van der Waals surface area contributed by atoms with Crippen LogP contribution in [-0.4, -0.2) is 14.2 Å². The SMILES string of the molecule is COc1ccc(NCc2ccc(Br)cc2)cc1OC. The van der Waals surface area contributed by atoms with Crippen molar-refractivity contribution in [1.82, 2.24) is 0 Å². The largest absolute Gasteiger partial charge is 0.493 e. The minimum Gasteiger partial charge on any atom is -0.493 e. The summed E-state index contributed by atoms with van der Waals surface area (Å²) in [5.41, 5.74) is 2.22. The van der Waals surface area contributed by atoms with E-state index in [0.29, 0.717) is 0 Å². The van der Waals surface area contributed by atoms with Crippen LogP contribution < -0.4 is 14.8 Å². The molecule has 2 rings (SSSR count). The molecule has 0 saturated carbocycles. The van der Waals surface area contributed by atoms with Gasteiger partial charge in [0.05, 0.1) is 14.2 Å². The Labute approximate surface area is 121 Å². The van der Waals surface area contributed by atoms with Crippen molar-refractivity contribution in [2.24, 2.45) is 0 Å². The standard InChI is InChI=1S/C15H16BrNO2/c1-18-14-8-7-13(9-15(14)19-2)17-10-11-3-5-12(16)6-4-11/h3-9,17H,10H2,1-2H3. The third kappa shape index (κ3) is 3.64. The molecule has 1 N–H and O–H groups in total. The zero-order valence-electron chi connectivity index (χ0n) is 10.9. The number of hydrogen-bond acceptors (Lipinski definition) is 3. The summed E-state index contributed by atoms with van der Waals surface area (Å²) < 4.78 is 11.6. The molecule has 0 aliphatic rings. The molecule has 0 saturated heterocycles. The maximum Gasteiger partial charge on any atom is 0.162 e. The van der Waals surface area contributed by atoms with Gasteiger partial charge < -0.3 is 14.8 Å². The van der Waals surface area contributed by atoms with Crippen LogP contribution in [0.4, 0.5) is 5.69 Å². The number of methoxy groups -OCH3 is 2. The molecular weight excluding hydrogens is 306 g/mol. The highest BCUT2D eigenvalue weighted by molar-refractivity contribution is 9.10. The Balaban J connectivity index is 2.05. The van der Waals surface area contributed by atoms with Crippen LogP contribution in [-0.2, 0) is 6.54 Å². The first-order valence-electron chi connectivity index (χ1n) is 5.93. The molecule has 0 fully saturated rings. The first-order chi connectivity index (χ1) is 9.22. The number of benzene rings is 2. The Morgan fingerprint density at radius 1 is 0.947 bits per heavy atom. The summed E-state index contributed by atoms with van der Waals surface area (Å²) in [5.74, 6) is 1.46. The van der Waals surface area contributed by atoms with Crippen molar-refractivity contribution < 1.29 is 9.47 Å². The Kier molecular flexibility index (Phi) is 4.68. The molecule has 3 nitrogen and oxygen atoms in total. The third-order valence-electron chi connectivity index (χ3n) is 2.79. The predicted molar refractivity (Wildman–Crippen MR) is 81.0 cm³/mol. The zero-order chi connectivity index (χ0) is 13.7. The third-order valence-corrected chi connectivity index (χ3v) is 3.32. The van der Waals surface area contributed by atoms with Gasteiger partial charge in [-0.05, 0) is 29.8 Å². The number of hydrogen-bond donors (Lipinski definition) is 1. The molecule has 100 valence electrons. The normalized spacial score (nSPS) is 10.1. The average molecular weight is 322 g/mol. The molecule has 0 aliphatic carbocycles. The maximum atomic E-state index is 5.27. The fourth-order valence-corrected chi connectivity index (χ4v) is 2.02. The van der Waals surface area contributed by atoms with Gasteiger partial charge in [-0.25, -0.2) is 0 Å². The number of rotatable bonds is 5. The van der Waals surface area contributed by atoms with Crippen LogP contribution in [0.5, 0.6) is 11.5 Å². The van der Waals surface area contributed by atoms with Crippen molar-refractivity contribution in [3.63, 3.8) is 0 Å². The highest BCUT2D eigenvalue weighted by atomic mass is 79.9. The van der Waals surface area contributed by atoms with E-state index in [1.807, 2.05) is 30.3 Å². The molecule has 0 aromatic heterocycles. The van der Waals surface area contributed by atoms with Gasteiger partial charge in [0.25, 0.3) is 0 Å². The Morgan fingerprint density at radius 3 is 2.26 bits per heavy atom. The van der Waals surface area contributed by atoms with Crippen LogP contribution >= 0.6 is 15.9 Å². The molecule has 0 spiro atoms. The number of anilines is 1. The summed E-state index contributed by atoms with van der Waals surface area (Å²) in [7, 11) is 3.27. The highest BCUT2D eigenvalue weighted by Crippen LogP contribution is 2.29. The summed E-state index contributed by atoms with van der Waals surface area (Å²) >= 11 is 3.43. The monoisotopic (exact) mass is 321 g/mol. The lowest BCUT2D eigenvalue weighted by Crippen LogP contribution is -2.00. The molecule has 0 atom stereocenters. The van der Waals surface area contributed by atoms with Gasteiger partial charge in [0.15, 0.2) is 11.5 Å². The first kappa shape index (κ1) is 13.7. The Hall–Kier alpha value is -1.68. The van der Waals surface area contributed by atoms with Crippen LogP contribution in [0.3, 0.4) is 0 Å². The van der Waals surface area contributed by atoms with Crippen molar-refractivity contribution >= 4 is 21.6 Å². The van der Waals surface area contributed by atoms with Crippen LogP contribution in [0, 0.1) is 0 Å². The number of halogens is 1. The minimum absolute atomic E-state index is 0.725. The predicted octanol–water partition coefficient (Wildman–Crippen LogP) is 4.08. The van der Waals surface area contributed by atoms with Gasteiger partial charge in [-0.1, -0.05) is 28.1 Å². The van der Waals surface area contributed by atoms with Gasteiger partial charge in [-0.3, -0.25) is 0 Å². The maximum absolute atomic E-state index is 5.27. The molecule has 4 heteroatoms. The van der Waals surface area contributed by atoms with Gasteiger partial charge >= 0.3 is 0 Å². The number of ether oxygens (including phenoxy) is 2.